The second kappa shape index (κ2) is 9.04. The van der Waals surface area contributed by atoms with Gasteiger partial charge in [-0.25, -0.2) is 13.2 Å². The summed E-state index contributed by atoms with van der Waals surface area (Å²) in [4.78, 5) is 28.2. The Balaban J connectivity index is 2.01. The molecule has 1 saturated heterocycles. The number of benzene rings is 1. The van der Waals surface area contributed by atoms with Crippen molar-refractivity contribution in [1.29, 1.82) is 5.26 Å². The van der Waals surface area contributed by atoms with Gasteiger partial charge < -0.3 is 14.5 Å². The molecule has 2 atom stereocenters. The number of sulfone groups is 1. The van der Waals surface area contributed by atoms with E-state index in [0.29, 0.717) is 11.1 Å². The summed E-state index contributed by atoms with van der Waals surface area (Å²) in [7, 11) is -3.68. The topological polar surface area (TPSA) is 108 Å². The van der Waals surface area contributed by atoms with Crippen molar-refractivity contribution < 1.29 is 22.7 Å². The van der Waals surface area contributed by atoms with Crippen molar-refractivity contribution in [3.8, 4) is 6.07 Å². The van der Waals surface area contributed by atoms with Crippen molar-refractivity contribution in [2.45, 2.75) is 58.1 Å². The van der Waals surface area contributed by atoms with Gasteiger partial charge in [0.15, 0.2) is 9.84 Å². The van der Waals surface area contributed by atoms with Crippen molar-refractivity contribution in [3.05, 3.63) is 35.4 Å². The number of ether oxygens (including phenoxy) is 1. The summed E-state index contributed by atoms with van der Waals surface area (Å²) in [5.41, 5.74) is 0.350. The van der Waals surface area contributed by atoms with Gasteiger partial charge in [0.2, 0.25) is 5.91 Å². The van der Waals surface area contributed by atoms with Crippen LogP contribution in [0.15, 0.2) is 24.3 Å². The quantitative estimate of drug-likeness (QED) is 0.718. The Bertz CT molecular complexity index is 929. The van der Waals surface area contributed by atoms with Crippen LogP contribution in [0.3, 0.4) is 0 Å². The average Bonchev–Trinajstić information content (AvgIpc) is 2.61. The normalized spacial score (nSPS) is 19.9. The number of rotatable bonds is 4. The number of piperazine rings is 1. The van der Waals surface area contributed by atoms with E-state index in [4.69, 9.17) is 10.00 Å². The third kappa shape index (κ3) is 6.46. The summed E-state index contributed by atoms with van der Waals surface area (Å²) in [5.74, 6) is -1.35. The van der Waals surface area contributed by atoms with Crippen LogP contribution in [0.5, 0.6) is 0 Å². The number of hydrogen-bond acceptors (Lipinski definition) is 6. The molecule has 0 aromatic heterocycles. The van der Waals surface area contributed by atoms with E-state index in [1.807, 2.05) is 6.07 Å². The third-order valence-electron chi connectivity index (χ3n) is 4.75. The van der Waals surface area contributed by atoms with E-state index in [-0.39, 0.29) is 30.9 Å². The molecule has 0 aliphatic carbocycles. The molecule has 1 aliphatic rings. The summed E-state index contributed by atoms with van der Waals surface area (Å²) in [5, 5.41) is 8.83. The molecule has 0 radical (unpaired) electrons. The average molecular weight is 436 g/mol. The lowest BCUT2D eigenvalue weighted by Gasteiger charge is -2.44. The molecule has 1 heterocycles. The number of carbonyl (C=O) groups is 2. The first-order chi connectivity index (χ1) is 13.8. The van der Waals surface area contributed by atoms with Crippen LogP contribution < -0.4 is 0 Å². The van der Waals surface area contributed by atoms with E-state index in [1.54, 1.807) is 63.8 Å². The number of hydrogen-bond donors (Lipinski definition) is 0. The Morgan fingerprint density at radius 2 is 1.63 bits per heavy atom. The maximum atomic E-state index is 12.7. The standard InChI is InChI=1S/C21H29N3O5S/c1-15-12-24(20(26)29-21(3,4)5)16(2)11-23(15)19(25)14-30(27,28)13-18-8-6-17(10-22)7-9-18/h6-9,15-16H,11-14H2,1-5H3/t15-,16+/m0/s1. The van der Waals surface area contributed by atoms with Crippen LogP contribution in [-0.2, 0) is 25.1 Å². The van der Waals surface area contributed by atoms with Gasteiger partial charge in [0.05, 0.1) is 17.4 Å². The number of nitriles is 1. The Hall–Kier alpha value is -2.60. The predicted octanol–water partition coefficient (Wildman–Crippen LogP) is 2.33. The molecular weight excluding hydrogens is 406 g/mol. The minimum Gasteiger partial charge on any atom is -0.444 e. The van der Waals surface area contributed by atoms with Crippen molar-refractivity contribution in [3.63, 3.8) is 0 Å². The Labute approximate surface area is 178 Å². The zero-order valence-corrected chi connectivity index (χ0v) is 18.9. The van der Waals surface area contributed by atoms with E-state index >= 15 is 0 Å². The van der Waals surface area contributed by atoms with Crippen LogP contribution >= 0.6 is 0 Å². The van der Waals surface area contributed by atoms with Crippen molar-refractivity contribution in [1.82, 2.24) is 9.80 Å². The molecule has 9 heteroatoms. The zero-order valence-electron chi connectivity index (χ0n) is 18.1. The summed E-state index contributed by atoms with van der Waals surface area (Å²) in [6.45, 7) is 9.48. The summed E-state index contributed by atoms with van der Waals surface area (Å²) in [6.07, 6.45) is -0.442. The van der Waals surface area contributed by atoms with E-state index in [9.17, 15) is 18.0 Å². The SMILES string of the molecule is C[C@@H]1CN(C(=O)CS(=O)(=O)Cc2ccc(C#N)cc2)[C@@H](C)CN1C(=O)OC(C)(C)C. The highest BCUT2D eigenvalue weighted by molar-refractivity contribution is 7.91. The van der Waals surface area contributed by atoms with Crippen molar-refractivity contribution in [2.75, 3.05) is 18.8 Å². The Kier molecular flexibility index (Phi) is 7.14. The molecule has 1 aromatic rings. The fourth-order valence-corrected chi connectivity index (χ4v) is 4.64. The molecule has 0 unspecified atom stereocenters. The maximum absolute atomic E-state index is 12.7. The van der Waals surface area contributed by atoms with E-state index in [0.717, 1.165) is 0 Å². The van der Waals surface area contributed by atoms with E-state index < -0.39 is 33.2 Å². The van der Waals surface area contributed by atoms with Gasteiger partial charge in [-0.15, -0.1) is 0 Å². The Morgan fingerprint density at radius 1 is 1.10 bits per heavy atom. The van der Waals surface area contributed by atoms with Crippen LogP contribution in [0.25, 0.3) is 0 Å². The first-order valence-corrected chi connectivity index (χ1v) is 11.6. The highest BCUT2D eigenvalue weighted by Gasteiger charge is 2.37. The highest BCUT2D eigenvalue weighted by atomic mass is 32.2. The predicted molar refractivity (Wildman–Crippen MR) is 112 cm³/mol. The smallest absolute Gasteiger partial charge is 0.410 e. The number of carbonyl (C=O) groups excluding carboxylic acids is 2. The van der Waals surface area contributed by atoms with Crippen LogP contribution in [0.2, 0.25) is 0 Å². The minimum absolute atomic E-state index is 0.242. The molecule has 0 bridgehead atoms. The van der Waals surface area contributed by atoms with Gasteiger partial charge in [-0.3, -0.25) is 4.79 Å². The molecule has 0 saturated carbocycles. The second-order valence-electron chi connectivity index (χ2n) is 8.72. The van der Waals surface area contributed by atoms with Gasteiger partial charge in [-0.05, 0) is 52.3 Å². The monoisotopic (exact) mass is 435 g/mol. The molecule has 2 rings (SSSR count). The van der Waals surface area contributed by atoms with Gasteiger partial charge in [-0.2, -0.15) is 5.26 Å². The van der Waals surface area contributed by atoms with E-state index in [2.05, 4.69) is 0 Å². The van der Waals surface area contributed by atoms with Crippen LogP contribution in [0.1, 0.15) is 45.7 Å². The molecular formula is C21H29N3O5S. The Morgan fingerprint density at radius 3 is 2.17 bits per heavy atom. The van der Waals surface area contributed by atoms with Crippen LogP contribution in [0.4, 0.5) is 4.79 Å². The molecule has 0 N–H and O–H groups in total. The molecule has 1 aromatic carbocycles. The van der Waals surface area contributed by atoms with E-state index in [1.165, 1.54) is 4.90 Å². The van der Waals surface area contributed by atoms with Gasteiger partial charge in [-0.1, -0.05) is 12.1 Å². The molecule has 1 fully saturated rings. The zero-order chi connectivity index (χ0) is 22.7. The van der Waals surface area contributed by atoms with Crippen LogP contribution in [-0.4, -0.2) is 66.7 Å². The maximum Gasteiger partial charge on any atom is 0.410 e. The fraction of sp³-hybridized carbons (Fsp3) is 0.571. The van der Waals surface area contributed by atoms with Gasteiger partial charge in [0, 0.05) is 25.2 Å². The third-order valence-corrected chi connectivity index (χ3v) is 6.21. The lowest BCUT2D eigenvalue weighted by molar-refractivity contribution is -0.134. The largest absolute Gasteiger partial charge is 0.444 e. The molecule has 30 heavy (non-hydrogen) atoms. The lowest BCUT2D eigenvalue weighted by atomic mass is 10.1. The summed E-state index contributed by atoms with van der Waals surface area (Å²) < 4.78 is 30.5. The van der Waals surface area contributed by atoms with Crippen molar-refractivity contribution >= 4 is 21.8 Å². The number of amides is 2. The summed E-state index contributed by atoms with van der Waals surface area (Å²) in [6, 6.07) is 7.60. The molecule has 2 amide bonds. The molecule has 1 aliphatic heterocycles. The highest BCUT2D eigenvalue weighted by Crippen LogP contribution is 2.20. The first-order valence-electron chi connectivity index (χ1n) is 9.80. The van der Waals surface area contributed by atoms with Gasteiger partial charge >= 0.3 is 6.09 Å². The minimum atomic E-state index is -3.68. The lowest BCUT2D eigenvalue weighted by Crippen LogP contribution is -2.60. The van der Waals surface area contributed by atoms with Crippen molar-refractivity contribution in [2.24, 2.45) is 0 Å². The number of nitrogens with zero attached hydrogens (tertiary/aromatic N) is 3. The molecule has 8 nitrogen and oxygen atoms in total. The van der Waals surface area contributed by atoms with Gasteiger partial charge in [0.1, 0.15) is 11.4 Å². The first kappa shape index (κ1) is 23.7. The summed E-state index contributed by atoms with van der Waals surface area (Å²) >= 11 is 0. The van der Waals surface area contributed by atoms with Gasteiger partial charge in [0.25, 0.3) is 0 Å². The molecule has 0 spiro atoms. The second-order valence-corrected chi connectivity index (χ2v) is 10.8. The fourth-order valence-electron chi connectivity index (χ4n) is 3.30. The molecule has 164 valence electrons. The van der Waals surface area contributed by atoms with Crippen LogP contribution in [0, 0.1) is 11.3 Å².